The number of guanidine groups is 1. The lowest BCUT2D eigenvalue weighted by Gasteiger charge is -2.35. The van der Waals surface area contributed by atoms with Gasteiger partial charge in [0, 0.05) is 39.9 Å². The van der Waals surface area contributed by atoms with Crippen molar-refractivity contribution >= 4 is 41.5 Å². The number of hydrogen-bond donors (Lipinski definition) is 2. The summed E-state index contributed by atoms with van der Waals surface area (Å²) in [4.78, 5) is 20.4. The van der Waals surface area contributed by atoms with E-state index in [-0.39, 0.29) is 43.0 Å². The van der Waals surface area contributed by atoms with Gasteiger partial charge in [-0.2, -0.15) is 5.10 Å². The van der Waals surface area contributed by atoms with Crippen LogP contribution in [0.4, 0.5) is 5.69 Å². The maximum Gasteiger partial charge on any atom is 0.246 e. The molecule has 0 saturated carbocycles. The summed E-state index contributed by atoms with van der Waals surface area (Å²) in [7, 11) is 5.08. The summed E-state index contributed by atoms with van der Waals surface area (Å²) < 4.78 is 6.87. The van der Waals surface area contributed by atoms with E-state index >= 15 is 0 Å². The smallest absolute Gasteiger partial charge is 0.246 e. The number of benzene rings is 1. The minimum atomic E-state index is -0.723. The van der Waals surface area contributed by atoms with E-state index in [2.05, 4.69) is 15.4 Å². The van der Waals surface area contributed by atoms with Crippen LogP contribution < -0.4 is 15.0 Å². The minimum Gasteiger partial charge on any atom is -0.497 e. The number of nitrogens with zero attached hydrogens (tertiary/aromatic N) is 5. The first kappa shape index (κ1) is 22.9. The molecule has 0 aliphatic carbocycles. The first-order valence-electron chi connectivity index (χ1n) is 9.08. The normalized spacial score (nSPS) is 15.7. The number of anilines is 1. The molecule has 2 heterocycles. The third kappa shape index (κ3) is 5.60. The number of carbonyl (C=O) groups is 1. The van der Waals surface area contributed by atoms with Gasteiger partial charge in [-0.3, -0.25) is 14.5 Å². The van der Waals surface area contributed by atoms with Crippen LogP contribution in [0.15, 0.2) is 41.7 Å². The molecule has 1 saturated heterocycles. The second-order valence-electron chi connectivity index (χ2n) is 6.56. The highest BCUT2D eigenvalue weighted by Crippen LogP contribution is 2.19. The highest BCUT2D eigenvalue weighted by molar-refractivity contribution is 14.0. The lowest BCUT2D eigenvalue weighted by molar-refractivity contribution is -0.120. The van der Waals surface area contributed by atoms with Crippen molar-refractivity contribution < 1.29 is 14.6 Å². The van der Waals surface area contributed by atoms with Crippen LogP contribution in [0.25, 0.3) is 0 Å². The molecule has 29 heavy (non-hydrogen) atoms. The van der Waals surface area contributed by atoms with Gasteiger partial charge in [0.15, 0.2) is 5.96 Å². The van der Waals surface area contributed by atoms with Gasteiger partial charge >= 0.3 is 0 Å². The van der Waals surface area contributed by atoms with Crippen LogP contribution in [0.2, 0.25) is 0 Å². The fourth-order valence-corrected chi connectivity index (χ4v) is 3.16. The van der Waals surface area contributed by atoms with Gasteiger partial charge in [0.25, 0.3) is 0 Å². The minimum absolute atomic E-state index is 0. The van der Waals surface area contributed by atoms with Crippen molar-refractivity contribution in [3.63, 3.8) is 0 Å². The highest BCUT2D eigenvalue weighted by Gasteiger charge is 2.27. The molecule has 1 aromatic heterocycles. The predicted octanol–water partition coefficient (Wildman–Crippen LogP) is 1.00. The predicted molar refractivity (Wildman–Crippen MR) is 122 cm³/mol. The first-order chi connectivity index (χ1) is 13.5. The average molecular weight is 514 g/mol. The molecule has 9 nitrogen and oxygen atoms in total. The zero-order valence-corrected chi connectivity index (χ0v) is 19.1. The van der Waals surface area contributed by atoms with Crippen molar-refractivity contribution in [3.8, 4) is 5.75 Å². The summed E-state index contributed by atoms with van der Waals surface area (Å²) in [5.74, 6) is 1.26. The standard InChI is InChI=1S/C19H26N6O3.HI/c1-20-19(21-11-17(26)14-5-4-6-16(9-14)28-3)24-7-8-25(18(27)13-24)15-10-22-23(2)12-15;/h4-6,9-10,12,17,26H,7-8,11,13H2,1-3H3,(H,20,21);1H. The molecule has 1 unspecified atom stereocenters. The molecule has 2 N–H and O–H groups in total. The summed E-state index contributed by atoms with van der Waals surface area (Å²) in [6, 6.07) is 7.30. The molecule has 2 aromatic rings. The summed E-state index contributed by atoms with van der Waals surface area (Å²) in [5, 5.41) is 17.7. The zero-order valence-electron chi connectivity index (χ0n) is 16.8. The van der Waals surface area contributed by atoms with E-state index in [1.165, 1.54) is 0 Å². The van der Waals surface area contributed by atoms with Gasteiger partial charge in [-0.1, -0.05) is 12.1 Å². The average Bonchev–Trinajstić information content (AvgIpc) is 3.14. The number of aliphatic imine (C=N–C) groups is 1. The molecule has 1 amide bonds. The zero-order chi connectivity index (χ0) is 20.1. The number of piperazine rings is 1. The Morgan fingerprint density at radius 1 is 1.41 bits per heavy atom. The SMILES string of the molecule is CN=C(NCC(O)c1cccc(OC)c1)N1CCN(c2cnn(C)c2)C(=O)C1.I. The van der Waals surface area contributed by atoms with Crippen molar-refractivity contribution in [2.45, 2.75) is 6.10 Å². The summed E-state index contributed by atoms with van der Waals surface area (Å²) in [5.41, 5.74) is 1.54. The van der Waals surface area contributed by atoms with Crippen LogP contribution in [0.1, 0.15) is 11.7 Å². The molecular formula is C19H27IN6O3. The lowest BCUT2D eigenvalue weighted by Crippen LogP contribution is -2.55. The second kappa shape index (κ2) is 10.4. The number of ether oxygens (including phenoxy) is 1. The Balaban J connectivity index is 0.00000300. The summed E-state index contributed by atoms with van der Waals surface area (Å²) >= 11 is 0. The van der Waals surface area contributed by atoms with Crippen molar-refractivity contribution in [1.29, 1.82) is 0 Å². The molecule has 0 bridgehead atoms. The molecule has 0 radical (unpaired) electrons. The fraction of sp³-hybridized carbons (Fsp3) is 0.421. The number of methoxy groups -OCH3 is 1. The molecule has 1 aliphatic heterocycles. The Morgan fingerprint density at radius 3 is 2.83 bits per heavy atom. The quantitative estimate of drug-likeness (QED) is 0.352. The first-order valence-corrected chi connectivity index (χ1v) is 9.08. The number of aryl methyl sites for hydroxylation is 1. The summed E-state index contributed by atoms with van der Waals surface area (Å²) in [6.07, 6.45) is 2.79. The number of aliphatic hydroxyl groups is 1. The topological polar surface area (TPSA) is 95.2 Å². The number of rotatable bonds is 5. The van der Waals surface area contributed by atoms with Gasteiger partial charge < -0.3 is 25.0 Å². The van der Waals surface area contributed by atoms with Crippen LogP contribution in [0.5, 0.6) is 5.75 Å². The van der Waals surface area contributed by atoms with E-state index in [1.54, 1.807) is 36.0 Å². The van der Waals surface area contributed by atoms with Crippen LogP contribution in [0.3, 0.4) is 0 Å². The maximum atomic E-state index is 12.6. The Labute approximate surface area is 187 Å². The lowest BCUT2D eigenvalue weighted by atomic mass is 10.1. The van der Waals surface area contributed by atoms with Crippen LogP contribution >= 0.6 is 24.0 Å². The number of halogens is 1. The van der Waals surface area contributed by atoms with Crippen molar-refractivity contribution in [2.24, 2.45) is 12.0 Å². The van der Waals surface area contributed by atoms with E-state index in [0.717, 1.165) is 11.3 Å². The van der Waals surface area contributed by atoms with Gasteiger partial charge in [0.2, 0.25) is 5.91 Å². The molecule has 158 valence electrons. The number of carbonyl (C=O) groups excluding carboxylic acids is 1. The van der Waals surface area contributed by atoms with Crippen molar-refractivity contribution in [2.75, 3.05) is 45.2 Å². The third-order valence-electron chi connectivity index (χ3n) is 4.67. The van der Waals surface area contributed by atoms with Gasteiger partial charge in [-0.15, -0.1) is 24.0 Å². The van der Waals surface area contributed by atoms with E-state index in [9.17, 15) is 9.90 Å². The molecule has 3 rings (SSSR count). The molecule has 0 spiro atoms. The number of amides is 1. The van der Waals surface area contributed by atoms with Crippen molar-refractivity contribution in [1.82, 2.24) is 20.0 Å². The number of aromatic nitrogens is 2. The van der Waals surface area contributed by atoms with Crippen LogP contribution in [-0.2, 0) is 11.8 Å². The molecule has 1 aliphatic rings. The van der Waals surface area contributed by atoms with Gasteiger partial charge in [-0.05, 0) is 17.7 Å². The number of hydrogen-bond acceptors (Lipinski definition) is 5. The number of nitrogens with one attached hydrogen (secondary N) is 1. The maximum absolute atomic E-state index is 12.6. The number of aliphatic hydroxyl groups excluding tert-OH is 1. The van der Waals surface area contributed by atoms with E-state index in [4.69, 9.17) is 4.74 Å². The molecule has 1 fully saturated rings. The Hall–Kier alpha value is -2.34. The monoisotopic (exact) mass is 514 g/mol. The van der Waals surface area contributed by atoms with E-state index < -0.39 is 6.10 Å². The van der Waals surface area contributed by atoms with Gasteiger partial charge in [-0.25, -0.2) is 0 Å². The Morgan fingerprint density at radius 2 is 2.21 bits per heavy atom. The second-order valence-corrected chi connectivity index (χ2v) is 6.56. The third-order valence-corrected chi connectivity index (χ3v) is 4.67. The van der Waals surface area contributed by atoms with E-state index in [0.29, 0.717) is 24.8 Å². The van der Waals surface area contributed by atoms with E-state index in [1.807, 2.05) is 36.3 Å². The Bertz CT molecular complexity index is 856. The highest BCUT2D eigenvalue weighted by atomic mass is 127. The fourth-order valence-electron chi connectivity index (χ4n) is 3.16. The molecule has 10 heteroatoms. The van der Waals surface area contributed by atoms with Crippen LogP contribution in [0, 0.1) is 0 Å². The molecule has 1 atom stereocenters. The molecule has 1 aromatic carbocycles. The Kier molecular flexibility index (Phi) is 8.26. The summed E-state index contributed by atoms with van der Waals surface area (Å²) in [6.45, 7) is 1.67. The largest absolute Gasteiger partial charge is 0.497 e. The van der Waals surface area contributed by atoms with Crippen molar-refractivity contribution in [3.05, 3.63) is 42.2 Å². The molecular weight excluding hydrogens is 487 g/mol. The van der Waals surface area contributed by atoms with Crippen LogP contribution in [-0.4, -0.2) is 72.0 Å². The van der Waals surface area contributed by atoms with Gasteiger partial charge in [0.05, 0.1) is 25.1 Å². The van der Waals surface area contributed by atoms with Gasteiger partial charge in [0.1, 0.15) is 12.3 Å².